The number of hydrogen-bond donors (Lipinski definition) is 1. The molecule has 18 heavy (non-hydrogen) atoms. The molecule has 2 N–H and O–H groups in total. The third-order valence-corrected chi connectivity index (χ3v) is 3.54. The molecule has 0 unspecified atom stereocenters. The van der Waals surface area contributed by atoms with Crippen LogP contribution in [0.1, 0.15) is 38.2 Å². The standard InChI is InChI=1S/C15H22N2O/c1-2-7-13(16)15(18)17-11-6-5-9-12-8-3-4-10-14(12)17/h3-4,8,10,13H,2,5-7,9,11,16H2,1H3/t13-/m0/s1. The van der Waals surface area contributed by atoms with Crippen LogP contribution in [-0.4, -0.2) is 18.5 Å². The third-order valence-electron chi connectivity index (χ3n) is 3.54. The quantitative estimate of drug-likeness (QED) is 0.890. The maximum atomic E-state index is 12.4. The number of benzene rings is 1. The zero-order valence-electron chi connectivity index (χ0n) is 11.1. The highest BCUT2D eigenvalue weighted by Gasteiger charge is 2.24. The summed E-state index contributed by atoms with van der Waals surface area (Å²) in [6, 6.07) is 7.83. The lowest BCUT2D eigenvalue weighted by Crippen LogP contribution is -2.44. The van der Waals surface area contributed by atoms with E-state index in [2.05, 4.69) is 13.0 Å². The van der Waals surface area contributed by atoms with Crippen molar-refractivity contribution in [2.75, 3.05) is 11.4 Å². The van der Waals surface area contributed by atoms with Crippen molar-refractivity contribution in [2.45, 2.75) is 45.1 Å². The van der Waals surface area contributed by atoms with E-state index in [1.54, 1.807) is 0 Å². The number of para-hydroxylation sites is 1. The molecule has 0 saturated carbocycles. The zero-order chi connectivity index (χ0) is 13.0. The van der Waals surface area contributed by atoms with Gasteiger partial charge in [-0.05, 0) is 37.3 Å². The van der Waals surface area contributed by atoms with Crippen LogP contribution in [0.25, 0.3) is 0 Å². The molecule has 3 heteroatoms. The number of hydrogen-bond acceptors (Lipinski definition) is 2. The number of amides is 1. The average molecular weight is 246 g/mol. The summed E-state index contributed by atoms with van der Waals surface area (Å²) in [5.74, 6) is 0.0752. The lowest BCUT2D eigenvalue weighted by Gasteiger charge is -2.25. The number of nitrogens with zero attached hydrogens (tertiary/aromatic N) is 1. The Kier molecular flexibility index (Phi) is 4.37. The normalized spacial score (nSPS) is 16.9. The van der Waals surface area contributed by atoms with Crippen LogP contribution in [-0.2, 0) is 11.2 Å². The highest BCUT2D eigenvalue weighted by atomic mass is 16.2. The van der Waals surface area contributed by atoms with Crippen molar-refractivity contribution >= 4 is 11.6 Å². The van der Waals surface area contributed by atoms with Crippen LogP contribution < -0.4 is 10.6 Å². The van der Waals surface area contributed by atoms with Crippen molar-refractivity contribution in [2.24, 2.45) is 5.73 Å². The van der Waals surface area contributed by atoms with Crippen LogP contribution in [0, 0.1) is 0 Å². The van der Waals surface area contributed by atoms with Crippen LogP contribution in [0.3, 0.4) is 0 Å². The molecule has 0 bridgehead atoms. The number of anilines is 1. The largest absolute Gasteiger partial charge is 0.320 e. The van der Waals surface area contributed by atoms with E-state index < -0.39 is 0 Å². The molecule has 1 heterocycles. The molecule has 3 nitrogen and oxygen atoms in total. The number of fused-ring (bicyclic) bond motifs is 1. The van der Waals surface area contributed by atoms with Crippen molar-refractivity contribution in [1.82, 2.24) is 0 Å². The summed E-state index contributed by atoms with van der Waals surface area (Å²) in [5.41, 5.74) is 8.31. The van der Waals surface area contributed by atoms with Crippen molar-refractivity contribution in [3.05, 3.63) is 29.8 Å². The fraction of sp³-hybridized carbons (Fsp3) is 0.533. The molecule has 1 amide bonds. The minimum atomic E-state index is -0.360. The van der Waals surface area contributed by atoms with Crippen molar-refractivity contribution in [1.29, 1.82) is 0 Å². The molecular formula is C15H22N2O. The summed E-state index contributed by atoms with van der Waals surface area (Å²) in [5, 5.41) is 0. The molecule has 0 radical (unpaired) electrons. The lowest BCUT2D eigenvalue weighted by atomic mass is 10.1. The number of nitrogens with two attached hydrogens (primary N) is 1. The summed E-state index contributed by atoms with van der Waals surface area (Å²) in [6.45, 7) is 2.86. The van der Waals surface area contributed by atoms with E-state index in [0.29, 0.717) is 0 Å². The van der Waals surface area contributed by atoms with Gasteiger partial charge in [0.25, 0.3) is 0 Å². The summed E-state index contributed by atoms with van der Waals surface area (Å²) in [6.07, 6.45) is 4.96. The molecule has 1 atom stereocenters. The number of aryl methyl sites for hydroxylation is 1. The first-order valence-electron chi connectivity index (χ1n) is 6.89. The van der Waals surface area contributed by atoms with Gasteiger partial charge in [-0.2, -0.15) is 0 Å². The lowest BCUT2D eigenvalue weighted by molar-refractivity contribution is -0.120. The maximum Gasteiger partial charge on any atom is 0.243 e. The number of carbonyl (C=O) groups excluding carboxylic acids is 1. The molecule has 0 fully saturated rings. The Morgan fingerprint density at radius 2 is 2.17 bits per heavy atom. The van der Waals surface area contributed by atoms with E-state index in [1.165, 1.54) is 5.56 Å². The van der Waals surface area contributed by atoms with Gasteiger partial charge in [0.05, 0.1) is 6.04 Å². The Labute approximate surface area is 109 Å². The third kappa shape index (κ3) is 2.72. The molecular weight excluding hydrogens is 224 g/mol. The Hall–Kier alpha value is -1.35. The van der Waals surface area contributed by atoms with E-state index in [0.717, 1.165) is 44.3 Å². The predicted molar refractivity (Wildman–Crippen MR) is 74.6 cm³/mol. The molecule has 1 aliphatic rings. The van der Waals surface area contributed by atoms with Gasteiger partial charge in [0.2, 0.25) is 5.91 Å². The molecule has 0 spiro atoms. The van der Waals surface area contributed by atoms with Crippen LogP contribution in [0.2, 0.25) is 0 Å². The Morgan fingerprint density at radius 3 is 2.94 bits per heavy atom. The van der Waals surface area contributed by atoms with Gasteiger partial charge < -0.3 is 10.6 Å². The van der Waals surface area contributed by atoms with Crippen molar-refractivity contribution < 1.29 is 4.79 Å². The highest BCUT2D eigenvalue weighted by Crippen LogP contribution is 2.26. The zero-order valence-corrected chi connectivity index (χ0v) is 11.1. The van der Waals surface area contributed by atoms with Gasteiger partial charge in [0.1, 0.15) is 0 Å². The second-order valence-electron chi connectivity index (χ2n) is 4.97. The van der Waals surface area contributed by atoms with Gasteiger partial charge in [-0.15, -0.1) is 0 Å². The molecule has 1 aromatic carbocycles. The van der Waals surface area contributed by atoms with Gasteiger partial charge in [-0.25, -0.2) is 0 Å². The molecule has 0 saturated heterocycles. The topological polar surface area (TPSA) is 46.3 Å². The first-order chi connectivity index (χ1) is 8.74. The maximum absolute atomic E-state index is 12.4. The fourth-order valence-electron chi connectivity index (χ4n) is 2.55. The highest BCUT2D eigenvalue weighted by molar-refractivity contribution is 5.97. The van der Waals surface area contributed by atoms with Gasteiger partial charge >= 0.3 is 0 Å². The SMILES string of the molecule is CCC[C@H](N)C(=O)N1CCCCc2ccccc21. The number of rotatable bonds is 3. The van der Waals surface area contributed by atoms with Gasteiger partial charge in [0.15, 0.2) is 0 Å². The first-order valence-corrected chi connectivity index (χ1v) is 6.89. The molecule has 2 rings (SSSR count). The predicted octanol–water partition coefficient (Wildman–Crippen LogP) is 2.48. The second-order valence-corrected chi connectivity index (χ2v) is 4.97. The van der Waals surface area contributed by atoms with E-state index in [4.69, 9.17) is 5.73 Å². The van der Waals surface area contributed by atoms with Crippen LogP contribution in [0.15, 0.2) is 24.3 Å². The molecule has 1 aromatic rings. The summed E-state index contributed by atoms with van der Waals surface area (Å²) < 4.78 is 0. The Balaban J connectivity index is 2.24. The summed E-state index contributed by atoms with van der Waals surface area (Å²) in [4.78, 5) is 14.3. The molecule has 0 aromatic heterocycles. The van der Waals surface area contributed by atoms with Crippen LogP contribution >= 0.6 is 0 Å². The number of carbonyl (C=O) groups is 1. The molecule has 1 aliphatic heterocycles. The smallest absolute Gasteiger partial charge is 0.243 e. The Morgan fingerprint density at radius 1 is 1.39 bits per heavy atom. The molecule has 98 valence electrons. The van der Waals surface area contributed by atoms with Crippen LogP contribution in [0.4, 0.5) is 5.69 Å². The van der Waals surface area contributed by atoms with E-state index >= 15 is 0 Å². The average Bonchev–Trinajstić information content (AvgIpc) is 2.60. The summed E-state index contributed by atoms with van der Waals surface area (Å²) in [7, 11) is 0. The molecule has 0 aliphatic carbocycles. The second kappa shape index (κ2) is 6.01. The van der Waals surface area contributed by atoms with E-state index in [1.807, 2.05) is 23.1 Å². The summed E-state index contributed by atoms with van der Waals surface area (Å²) >= 11 is 0. The van der Waals surface area contributed by atoms with Gasteiger partial charge in [-0.1, -0.05) is 31.5 Å². The fourth-order valence-corrected chi connectivity index (χ4v) is 2.55. The first kappa shape index (κ1) is 13.1. The van der Waals surface area contributed by atoms with E-state index in [9.17, 15) is 4.79 Å². The van der Waals surface area contributed by atoms with E-state index in [-0.39, 0.29) is 11.9 Å². The van der Waals surface area contributed by atoms with Crippen molar-refractivity contribution in [3.8, 4) is 0 Å². The van der Waals surface area contributed by atoms with Gasteiger partial charge in [0, 0.05) is 12.2 Å². The monoisotopic (exact) mass is 246 g/mol. The minimum absolute atomic E-state index is 0.0752. The van der Waals surface area contributed by atoms with Crippen LogP contribution in [0.5, 0.6) is 0 Å². The Bertz CT molecular complexity index is 417. The van der Waals surface area contributed by atoms with Crippen molar-refractivity contribution in [3.63, 3.8) is 0 Å². The van der Waals surface area contributed by atoms with Gasteiger partial charge in [-0.3, -0.25) is 4.79 Å². The minimum Gasteiger partial charge on any atom is -0.320 e.